The molecule has 0 bridgehead atoms. The zero-order valence-corrected chi connectivity index (χ0v) is 8.47. The monoisotopic (exact) mass is 199 g/mol. The summed E-state index contributed by atoms with van der Waals surface area (Å²) >= 11 is 1.54. The number of hydrogen-bond acceptors (Lipinski definition) is 4. The molecule has 0 saturated heterocycles. The summed E-state index contributed by atoms with van der Waals surface area (Å²) in [6.07, 6.45) is 2.83. The van der Waals surface area contributed by atoms with E-state index in [2.05, 4.69) is 0 Å². The Morgan fingerprint density at radius 2 is 2.31 bits per heavy atom. The van der Waals surface area contributed by atoms with Crippen LogP contribution in [0.3, 0.4) is 0 Å². The molecular formula is C9H13NO2S. The van der Waals surface area contributed by atoms with Crippen LogP contribution in [0, 0.1) is 0 Å². The van der Waals surface area contributed by atoms with E-state index in [0.717, 1.165) is 10.7 Å². The molecule has 72 valence electrons. The highest BCUT2D eigenvalue weighted by molar-refractivity contribution is 8.04. The van der Waals surface area contributed by atoms with Gasteiger partial charge < -0.3 is 15.6 Å². The highest BCUT2D eigenvalue weighted by atomic mass is 32.2. The van der Waals surface area contributed by atoms with Crippen molar-refractivity contribution in [2.45, 2.75) is 30.7 Å². The van der Waals surface area contributed by atoms with Gasteiger partial charge in [0.2, 0.25) is 0 Å². The molecule has 2 heterocycles. The standard InChI is InChI=1S/C9H13NO2S/c1-9(2)7(11)6-5(10)3-4-12-8(6)13-9/h3-5,7,11H,10H2,1-2H3. The van der Waals surface area contributed by atoms with Crippen molar-refractivity contribution in [1.29, 1.82) is 0 Å². The molecule has 0 aromatic rings. The smallest absolute Gasteiger partial charge is 0.164 e. The van der Waals surface area contributed by atoms with Crippen molar-refractivity contribution in [3.63, 3.8) is 0 Å². The second-order valence-corrected chi connectivity index (χ2v) is 5.45. The Hall–Kier alpha value is -0.450. The third kappa shape index (κ3) is 1.29. The first-order valence-corrected chi connectivity index (χ1v) is 5.04. The third-order valence-electron chi connectivity index (χ3n) is 2.36. The Balaban J connectivity index is 2.33. The van der Waals surface area contributed by atoms with Gasteiger partial charge in [-0.3, -0.25) is 0 Å². The van der Waals surface area contributed by atoms with Gasteiger partial charge in [-0.1, -0.05) is 11.8 Å². The van der Waals surface area contributed by atoms with Crippen molar-refractivity contribution in [2.24, 2.45) is 5.73 Å². The van der Waals surface area contributed by atoms with Crippen LogP contribution in [-0.2, 0) is 4.74 Å². The summed E-state index contributed by atoms with van der Waals surface area (Å²) in [5, 5.41) is 10.7. The number of ether oxygens (including phenoxy) is 1. The lowest BCUT2D eigenvalue weighted by atomic mass is 9.94. The summed E-state index contributed by atoms with van der Waals surface area (Å²) in [6, 6.07) is -0.201. The minimum atomic E-state index is -0.507. The highest BCUT2D eigenvalue weighted by Crippen LogP contribution is 2.48. The molecule has 13 heavy (non-hydrogen) atoms. The van der Waals surface area contributed by atoms with Gasteiger partial charge in [0.15, 0.2) is 5.09 Å². The molecule has 3 nitrogen and oxygen atoms in total. The summed E-state index contributed by atoms with van der Waals surface area (Å²) in [6.45, 7) is 3.97. The topological polar surface area (TPSA) is 55.5 Å². The fourth-order valence-corrected chi connectivity index (χ4v) is 2.73. The largest absolute Gasteiger partial charge is 0.458 e. The Kier molecular flexibility index (Phi) is 1.94. The number of aliphatic hydroxyl groups is 1. The minimum Gasteiger partial charge on any atom is -0.458 e. The van der Waals surface area contributed by atoms with Crippen LogP contribution in [-0.4, -0.2) is 22.0 Å². The summed E-state index contributed by atoms with van der Waals surface area (Å²) in [5.41, 5.74) is 6.65. The van der Waals surface area contributed by atoms with Crippen LogP contribution < -0.4 is 5.73 Å². The van der Waals surface area contributed by atoms with E-state index in [9.17, 15) is 5.11 Å². The van der Waals surface area contributed by atoms with E-state index in [4.69, 9.17) is 10.5 Å². The van der Waals surface area contributed by atoms with Gasteiger partial charge in [-0.15, -0.1) is 0 Å². The molecule has 0 aliphatic carbocycles. The Bertz CT molecular complexity index is 296. The first kappa shape index (κ1) is 9.12. The van der Waals surface area contributed by atoms with Gasteiger partial charge in [0, 0.05) is 10.3 Å². The third-order valence-corrected chi connectivity index (χ3v) is 3.63. The molecule has 0 aromatic heterocycles. The molecule has 0 aromatic carbocycles. The van der Waals surface area contributed by atoms with Gasteiger partial charge in [-0.05, 0) is 19.9 Å². The van der Waals surface area contributed by atoms with E-state index >= 15 is 0 Å². The SMILES string of the molecule is CC1(C)SC2=C(C(N)C=CO2)C1O. The molecule has 2 aliphatic heterocycles. The van der Waals surface area contributed by atoms with E-state index in [1.165, 1.54) is 11.8 Å². The van der Waals surface area contributed by atoms with Crippen LogP contribution in [0.25, 0.3) is 0 Å². The van der Waals surface area contributed by atoms with Crippen LogP contribution in [0.2, 0.25) is 0 Å². The van der Waals surface area contributed by atoms with Gasteiger partial charge in [0.25, 0.3) is 0 Å². The predicted octanol–water partition coefficient (Wildman–Crippen LogP) is 0.956. The van der Waals surface area contributed by atoms with Crippen LogP contribution >= 0.6 is 11.8 Å². The van der Waals surface area contributed by atoms with Gasteiger partial charge >= 0.3 is 0 Å². The molecule has 0 amide bonds. The van der Waals surface area contributed by atoms with Crippen LogP contribution in [0.4, 0.5) is 0 Å². The molecule has 2 atom stereocenters. The maximum Gasteiger partial charge on any atom is 0.164 e. The molecule has 2 aliphatic rings. The van der Waals surface area contributed by atoms with Crippen molar-refractivity contribution >= 4 is 11.8 Å². The Labute approximate surface area is 81.6 Å². The van der Waals surface area contributed by atoms with Gasteiger partial charge in [0.05, 0.1) is 18.4 Å². The van der Waals surface area contributed by atoms with Gasteiger partial charge in [-0.2, -0.15) is 0 Å². The molecule has 2 unspecified atom stereocenters. The fourth-order valence-electron chi connectivity index (χ4n) is 1.54. The second kappa shape index (κ2) is 2.77. The molecule has 0 spiro atoms. The first-order chi connectivity index (χ1) is 6.02. The molecule has 4 heteroatoms. The Morgan fingerprint density at radius 1 is 1.62 bits per heavy atom. The summed E-state index contributed by atoms with van der Waals surface area (Å²) in [5.74, 6) is 0. The van der Waals surface area contributed by atoms with Crippen molar-refractivity contribution in [3.8, 4) is 0 Å². The number of rotatable bonds is 0. The lowest BCUT2D eigenvalue weighted by Gasteiger charge is -2.23. The summed E-state index contributed by atoms with van der Waals surface area (Å²) < 4.78 is 5.07. The normalized spacial score (nSPS) is 36.0. The highest BCUT2D eigenvalue weighted by Gasteiger charge is 2.44. The fraction of sp³-hybridized carbons (Fsp3) is 0.556. The Morgan fingerprint density at radius 3 is 2.92 bits per heavy atom. The molecule has 0 saturated carbocycles. The van der Waals surface area contributed by atoms with Crippen LogP contribution in [0.1, 0.15) is 13.8 Å². The van der Waals surface area contributed by atoms with Crippen molar-refractivity contribution < 1.29 is 9.84 Å². The average Bonchev–Trinajstić information content (AvgIpc) is 2.24. The lowest BCUT2D eigenvalue weighted by Crippen LogP contribution is -2.36. The average molecular weight is 199 g/mol. The van der Waals surface area contributed by atoms with Crippen molar-refractivity contribution in [2.75, 3.05) is 0 Å². The number of aliphatic hydroxyl groups excluding tert-OH is 1. The first-order valence-electron chi connectivity index (χ1n) is 4.22. The van der Waals surface area contributed by atoms with E-state index in [0.29, 0.717) is 0 Å². The van der Waals surface area contributed by atoms with Crippen molar-refractivity contribution in [3.05, 3.63) is 23.0 Å². The predicted molar refractivity (Wildman–Crippen MR) is 52.9 cm³/mol. The van der Waals surface area contributed by atoms with E-state index < -0.39 is 6.10 Å². The molecule has 2 rings (SSSR count). The minimum absolute atomic E-state index is 0.201. The van der Waals surface area contributed by atoms with Crippen LogP contribution in [0.15, 0.2) is 23.0 Å². The zero-order valence-electron chi connectivity index (χ0n) is 7.65. The molecular weight excluding hydrogens is 186 g/mol. The van der Waals surface area contributed by atoms with Crippen LogP contribution in [0.5, 0.6) is 0 Å². The molecule has 0 radical (unpaired) electrons. The van der Waals surface area contributed by atoms with Gasteiger partial charge in [0.1, 0.15) is 0 Å². The number of nitrogens with two attached hydrogens (primary N) is 1. The van der Waals surface area contributed by atoms with E-state index in [1.807, 2.05) is 13.8 Å². The van der Waals surface area contributed by atoms with Crippen molar-refractivity contribution in [1.82, 2.24) is 0 Å². The maximum atomic E-state index is 9.95. The zero-order chi connectivity index (χ0) is 9.64. The van der Waals surface area contributed by atoms with Gasteiger partial charge in [-0.25, -0.2) is 0 Å². The summed E-state index contributed by atoms with van der Waals surface area (Å²) in [7, 11) is 0. The maximum absolute atomic E-state index is 9.95. The quantitative estimate of drug-likeness (QED) is 0.610. The molecule has 0 fully saturated rings. The second-order valence-electron chi connectivity index (χ2n) is 3.82. The lowest BCUT2D eigenvalue weighted by molar-refractivity contribution is 0.172. The number of thioether (sulfide) groups is 1. The summed E-state index contributed by atoms with van der Waals surface area (Å²) in [4.78, 5) is 0. The van der Waals surface area contributed by atoms with E-state index in [1.54, 1.807) is 12.3 Å². The molecule has 3 N–H and O–H groups in total. The van der Waals surface area contributed by atoms with E-state index in [-0.39, 0.29) is 10.8 Å². The number of hydrogen-bond donors (Lipinski definition) is 2.